The van der Waals surface area contributed by atoms with Crippen molar-refractivity contribution in [1.29, 1.82) is 0 Å². The first-order chi connectivity index (χ1) is 9.30. The highest BCUT2D eigenvalue weighted by atomic mass is 79.9. The number of guanidine groups is 1. The third-order valence-corrected chi connectivity index (χ3v) is 3.90. The van der Waals surface area contributed by atoms with Gasteiger partial charge in [0.15, 0.2) is 5.96 Å². The summed E-state index contributed by atoms with van der Waals surface area (Å²) in [6, 6.07) is 2.05. The molecular weight excluding hydrogens is 340 g/mol. The van der Waals surface area contributed by atoms with Gasteiger partial charge in [0, 0.05) is 27.3 Å². The average Bonchev–Trinajstić information content (AvgIpc) is 2.73. The largest absolute Gasteiger partial charge is 0.352 e. The minimum absolute atomic E-state index is 0.0562. The Balaban J connectivity index is 2.35. The molecule has 1 rings (SSSR count). The molecule has 0 fully saturated rings. The van der Waals surface area contributed by atoms with Crippen molar-refractivity contribution in [3.63, 3.8) is 0 Å². The summed E-state index contributed by atoms with van der Waals surface area (Å²) in [7, 11) is 1.68. The predicted molar refractivity (Wildman–Crippen MR) is 88.1 cm³/mol. The second kappa shape index (κ2) is 7.64. The number of thiophene rings is 1. The van der Waals surface area contributed by atoms with Gasteiger partial charge in [0.2, 0.25) is 5.91 Å². The third-order valence-electron chi connectivity index (χ3n) is 2.21. The van der Waals surface area contributed by atoms with Crippen molar-refractivity contribution < 1.29 is 4.79 Å². The SMILES string of the molecule is CN=C(NCC(=O)NC(C)(C)C)NCc1cc(Br)cs1. The van der Waals surface area contributed by atoms with E-state index in [1.165, 1.54) is 4.88 Å². The molecule has 0 aliphatic carbocycles. The summed E-state index contributed by atoms with van der Waals surface area (Å²) in [5.41, 5.74) is -0.223. The predicted octanol–water partition coefficient (Wildman–Crippen LogP) is 2.09. The van der Waals surface area contributed by atoms with Crippen molar-refractivity contribution in [3.05, 3.63) is 20.8 Å². The Morgan fingerprint density at radius 3 is 2.60 bits per heavy atom. The van der Waals surface area contributed by atoms with Gasteiger partial charge in [-0.25, -0.2) is 0 Å². The Labute approximate surface area is 132 Å². The standard InChI is InChI=1S/C13H21BrN4OS/c1-13(2,3)18-11(19)7-17-12(15-4)16-6-10-5-9(14)8-20-10/h5,8H,6-7H2,1-4H3,(H,18,19)(H2,15,16,17). The lowest BCUT2D eigenvalue weighted by Crippen LogP contribution is -2.48. The quantitative estimate of drug-likeness (QED) is 0.568. The minimum Gasteiger partial charge on any atom is -0.352 e. The average molecular weight is 361 g/mol. The number of hydrogen-bond acceptors (Lipinski definition) is 3. The normalized spacial score (nSPS) is 12.2. The summed E-state index contributed by atoms with van der Waals surface area (Å²) in [4.78, 5) is 17.0. The van der Waals surface area contributed by atoms with E-state index in [2.05, 4.69) is 42.9 Å². The van der Waals surface area contributed by atoms with Crippen molar-refractivity contribution in [3.8, 4) is 0 Å². The van der Waals surface area contributed by atoms with Crippen LogP contribution in [0.3, 0.4) is 0 Å². The number of rotatable bonds is 4. The van der Waals surface area contributed by atoms with Crippen LogP contribution in [-0.2, 0) is 11.3 Å². The molecule has 0 bridgehead atoms. The maximum absolute atomic E-state index is 11.7. The summed E-state index contributed by atoms with van der Waals surface area (Å²) in [5.74, 6) is 0.554. The summed E-state index contributed by atoms with van der Waals surface area (Å²) in [6.07, 6.45) is 0. The summed E-state index contributed by atoms with van der Waals surface area (Å²) >= 11 is 5.08. The Bertz CT molecular complexity index is 479. The fraction of sp³-hybridized carbons (Fsp3) is 0.538. The fourth-order valence-electron chi connectivity index (χ4n) is 1.46. The fourth-order valence-corrected chi connectivity index (χ4v) is 2.86. The van der Waals surface area contributed by atoms with Crippen LogP contribution in [0.5, 0.6) is 0 Å². The van der Waals surface area contributed by atoms with Gasteiger partial charge < -0.3 is 16.0 Å². The monoisotopic (exact) mass is 360 g/mol. The minimum atomic E-state index is -0.223. The number of halogens is 1. The molecule has 0 radical (unpaired) electrons. The smallest absolute Gasteiger partial charge is 0.239 e. The Kier molecular flexibility index (Phi) is 6.48. The Hall–Kier alpha value is -1.08. The van der Waals surface area contributed by atoms with Crippen LogP contribution < -0.4 is 16.0 Å². The van der Waals surface area contributed by atoms with E-state index in [-0.39, 0.29) is 18.0 Å². The maximum Gasteiger partial charge on any atom is 0.239 e. The van der Waals surface area contributed by atoms with Crippen molar-refractivity contribution in [2.24, 2.45) is 4.99 Å². The van der Waals surface area contributed by atoms with Crippen LogP contribution in [0.1, 0.15) is 25.6 Å². The van der Waals surface area contributed by atoms with E-state index in [4.69, 9.17) is 0 Å². The van der Waals surface area contributed by atoms with E-state index in [0.29, 0.717) is 12.5 Å². The summed E-state index contributed by atoms with van der Waals surface area (Å²) in [6.45, 7) is 6.73. The van der Waals surface area contributed by atoms with Crippen molar-refractivity contribution in [2.45, 2.75) is 32.9 Å². The lowest BCUT2D eigenvalue weighted by atomic mass is 10.1. The van der Waals surface area contributed by atoms with Gasteiger partial charge in [0.1, 0.15) is 0 Å². The highest BCUT2D eigenvalue weighted by molar-refractivity contribution is 9.10. The number of carbonyl (C=O) groups is 1. The molecule has 1 heterocycles. The van der Waals surface area contributed by atoms with Crippen LogP contribution in [-0.4, -0.2) is 31.0 Å². The first kappa shape index (κ1) is 17.0. The van der Waals surface area contributed by atoms with Gasteiger partial charge >= 0.3 is 0 Å². The molecule has 1 aromatic heterocycles. The highest BCUT2D eigenvalue weighted by Gasteiger charge is 2.13. The molecule has 0 aliphatic heterocycles. The van der Waals surface area contributed by atoms with Gasteiger partial charge in [-0.15, -0.1) is 11.3 Å². The van der Waals surface area contributed by atoms with E-state index in [1.807, 2.05) is 26.2 Å². The number of carbonyl (C=O) groups excluding carboxylic acids is 1. The van der Waals surface area contributed by atoms with Crippen LogP contribution in [0, 0.1) is 0 Å². The van der Waals surface area contributed by atoms with Crippen LogP contribution in [0.2, 0.25) is 0 Å². The number of nitrogens with one attached hydrogen (secondary N) is 3. The topological polar surface area (TPSA) is 65.5 Å². The molecule has 20 heavy (non-hydrogen) atoms. The van der Waals surface area contributed by atoms with Gasteiger partial charge in [-0.05, 0) is 42.8 Å². The molecule has 5 nitrogen and oxygen atoms in total. The molecule has 0 saturated heterocycles. The molecular formula is C13H21BrN4OS. The summed E-state index contributed by atoms with van der Waals surface area (Å²) in [5, 5.41) is 11.1. The van der Waals surface area contributed by atoms with Gasteiger partial charge in [0.05, 0.1) is 13.1 Å². The van der Waals surface area contributed by atoms with Crippen LogP contribution in [0.15, 0.2) is 20.9 Å². The van der Waals surface area contributed by atoms with Crippen LogP contribution in [0.25, 0.3) is 0 Å². The summed E-state index contributed by atoms with van der Waals surface area (Å²) < 4.78 is 1.08. The number of nitrogens with zero attached hydrogens (tertiary/aromatic N) is 1. The molecule has 1 aromatic rings. The zero-order chi connectivity index (χ0) is 15.2. The van der Waals surface area contributed by atoms with Gasteiger partial charge in [-0.1, -0.05) is 0 Å². The van der Waals surface area contributed by atoms with E-state index < -0.39 is 0 Å². The molecule has 1 amide bonds. The van der Waals surface area contributed by atoms with Crippen LogP contribution in [0.4, 0.5) is 0 Å². The lowest BCUT2D eigenvalue weighted by molar-refractivity contribution is -0.121. The third kappa shape index (κ3) is 6.91. The Morgan fingerprint density at radius 2 is 2.10 bits per heavy atom. The van der Waals surface area contributed by atoms with Gasteiger partial charge in [-0.2, -0.15) is 0 Å². The molecule has 7 heteroatoms. The zero-order valence-electron chi connectivity index (χ0n) is 12.2. The van der Waals surface area contributed by atoms with Crippen molar-refractivity contribution in [2.75, 3.05) is 13.6 Å². The van der Waals surface area contributed by atoms with E-state index in [1.54, 1.807) is 18.4 Å². The number of hydrogen-bond donors (Lipinski definition) is 3. The zero-order valence-corrected chi connectivity index (χ0v) is 14.6. The number of amides is 1. The first-order valence-corrected chi connectivity index (χ1v) is 7.96. The van der Waals surface area contributed by atoms with Crippen molar-refractivity contribution in [1.82, 2.24) is 16.0 Å². The molecule has 0 aromatic carbocycles. The van der Waals surface area contributed by atoms with Crippen molar-refractivity contribution >= 4 is 39.1 Å². The molecule has 0 saturated carbocycles. The molecule has 0 aliphatic rings. The molecule has 112 valence electrons. The van der Waals surface area contributed by atoms with Gasteiger partial charge in [0.25, 0.3) is 0 Å². The van der Waals surface area contributed by atoms with E-state index in [9.17, 15) is 4.79 Å². The Morgan fingerprint density at radius 1 is 1.40 bits per heavy atom. The lowest BCUT2D eigenvalue weighted by Gasteiger charge is -2.21. The van der Waals surface area contributed by atoms with E-state index in [0.717, 1.165) is 4.47 Å². The highest BCUT2D eigenvalue weighted by Crippen LogP contribution is 2.19. The van der Waals surface area contributed by atoms with E-state index >= 15 is 0 Å². The second-order valence-corrected chi connectivity index (χ2v) is 7.22. The molecule has 0 atom stereocenters. The number of aliphatic imine (C=N–C) groups is 1. The molecule has 3 N–H and O–H groups in total. The second-order valence-electron chi connectivity index (χ2n) is 5.31. The maximum atomic E-state index is 11.7. The molecule has 0 spiro atoms. The molecule has 0 unspecified atom stereocenters. The van der Waals surface area contributed by atoms with Gasteiger partial charge in [-0.3, -0.25) is 9.79 Å². The van der Waals surface area contributed by atoms with Crippen LogP contribution >= 0.6 is 27.3 Å². The first-order valence-electron chi connectivity index (χ1n) is 6.28.